The number of aromatic nitrogens is 6. The van der Waals surface area contributed by atoms with E-state index in [1.165, 1.54) is 10.9 Å². The zero-order valence-electron chi connectivity index (χ0n) is 12.4. The number of tetrazole rings is 1. The van der Waals surface area contributed by atoms with Gasteiger partial charge in [-0.05, 0) is 38.8 Å². The normalized spacial score (nSPS) is 15.4. The summed E-state index contributed by atoms with van der Waals surface area (Å²) in [5, 5.41) is 12.1. The van der Waals surface area contributed by atoms with Crippen LogP contribution in [0.1, 0.15) is 45.5 Å². The molecule has 0 radical (unpaired) electrons. The van der Waals surface area contributed by atoms with Gasteiger partial charge in [0.15, 0.2) is 5.82 Å². The van der Waals surface area contributed by atoms with E-state index in [1.54, 1.807) is 10.8 Å². The lowest BCUT2D eigenvalue weighted by molar-refractivity contribution is 0.305. The van der Waals surface area contributed by atoms with E-state index >= 15 is 0 Å². The molecule has 2 aromatic heterocycles. The van der Waals surface area contributed by atoms with Gasteiger partial charge in [-0.1, -0.05) is 0 Å². The highest BCUT2D eigenvalue weighted by atomic mass is 16.2. The van der Waals surface area contributed by atoms with Crippen molar-refractivity contribution < 1.29 is 0 Å². The van der Waals surface area contributed by atoms with Gasteiger partial charge in [0.05, 0.1) is 12.1 Å². The first-order valence-electron chi connectivity index (χ1n) is 6.97. The number of nitrogens with zero attached hydrogens (tertiary/aromatic N) is 6. The Morgan fingerprint density at radius 1 is 1.29 bits per heavy atom. The van der Waals surface area contributed by atoms with Crippen molar-refractivity contribution in [3.8, 4) is 0 Å². The van der Waals surface area contributed by atoms with Gasteiger partial charge in [0.1, 0.15) is 0 Å². The monoisotopic (exact) mass is 290 g/mol. The molecule has 1 saturated carbocycles. The average molecular weight is 290 g/mol. The van der Waals surface area contributed by atoms with Crippen LogP contribution in [0, 0.1) is 0 Å². The van der Waals surface area contributed by atoms with Crippen molar-refractivity contribution in [2.45, 2.75) is 51.7 Å². The van der Waals surface area contributed by atoms with Gasteiger partial charge in [0.25, 0.3) is 5.56 Å². The largest absolute Gasteiger partial charge is 0.331 e. The van der Waals surface area contributed by atoms with Crippen molar-refractivity contribution in [1.82, 2.24) is 29.3 Å². The molecule has 1 aliphatic rings. The third-order valence-electron chi connectivity index (χ3n) is 3.39. The Morgan fingerprint density at radius 2 is 2.00 bits per heavy atom. The molecule has 1 fully saturated rings. The van der Waals surface area contributed by atoms with Crippen LogP contribution in [-0.2, 0) is 12.1 Å². The maximum Gasteiger partial charge on any atom is 0.331 e. The average Bonchev–Trinajstić information content (AvgIpc) is 3.11. The smallest absolute Gasteiger partial charge is 0.297 e. The summed E-state index contributed by atoms with van der Waals surface area (Å²) in [5.41, 5.74) is -0.942. The van der Waals surface area contributed by atoms with Crippen molar-refractivity contribution in [2.24, 2.45) is 0 Å². The van der Waals surface area contributed by atoms with E-state index in [1.807, 2.05) is 20.8 Å². The SMILES string of the molecule is CC(C)(C)n1nnc(Cn2c(=O)ccn(C3CC3)c2=O)n1. The molecule has 0 bridgehead atoms. The highest BCUT2D eigenvalue weighted by Gasteiger charge is 2.25. The molecule has 2 heterocycles. The molecule has 2 aromatic rings. The molecule has 8 heteroatoms. The molecule has 1 aliphatic carbocycles. The van der Waals surface area contributed by atoms with Gasteiger partial charge in [-0.2, -0.15) is 4.80 Å². The highest BCUT2D eigenvalue weighted by Crippen LogP contribution is 2.32. The summed E-state index contributed by atoms with van der Waals surface area (Å²) in [7, 11) is 0. The molecule has 8 nitrogen and oxygen atoms in total. The van der Waals surface area contributed by atoms with Crippen molar-refractivity contribution >= 4 is 0 Å². The molecule has 0 amide bonds. The predicted octanol–water partition coefficient (Wildman–Crippen LogP) is 0.135. The Kier molecular flexibility index (Phi) is 3.03. The second-order valence-electron chi connectivity index (χ2n) is 6.33. The standard InChI is InChI=1S/C13H18N6O2/c1-13(2,3)19-15-10(14-16-19)8-18-11(20)6-7-17(12(18)21)9-4-5-9/h6-7,9H,4-5,8H2,1-3H3. The van der Waals surface area contributed by atoms with E-state index in [2.05, 4.69) is 15.4 Å². The van der Waals surface area contributed by atoms with Crippen LogP contribution in [0.5, 0.6) is 0 Å². The van der Waals surface area contributed by atoms with Crippen molar-refractivity contribution in [2.75, 3.05) is 0 Å². The van der Waals surface area contributed by atoms with Crippen molar-refractivity contribution in [3.05, 3.63) is 38.9 Å². The maximum absolute atomic E-state index is 12.3. The lowest BCUT2D eigenvalue weighted by Crippen LogP contribution is -2.39. The lowest BCUT2D eigenvalue weighted by atomic mass is 10.1. The summed E-state index contributed by atoms with van der Waals surface area (Å²) < 4.78 is 2.76. The van der Waals surface area contributed by atoms with E-state index in [9.17, 15) is 9.59 Å². The van der Waals surface area contributed by atoms with Gasteiger partial charge < -0.3 is 0 Å². The fourth-order valence-corrected chi connectivity index (χ4v) is 2.04. The Labute approximate surface area is 121 Å². The molecule has 0 aromatic carbocycles. The molecule has 0 aliphatic heterocycles. The van der Waals surface area contributed by atoms with Gasteiger partial charge in [-0.25, -0.2) is 4.79 Å². The van der Waals surface area contributed by atoms with Crippen LogP contribution >= 0.6 is 0 Å². The number of rotatable bonds is 3. The van der Waals surface area contributed by atoms with Crippen molar-refractivity contribution in [3.63, 3.8) is 0 Å². The Hall–Kier alpha value is -2.25. The molecule has 112 valence electrons. The topological polar surface area (TPSA) is 87.6 Å². The fraction of sp³-hybridized carbons (Fsp3) is 0.615. The Balaban J connectivity index is 1.95. The summed E-state index contributed by atoms with van der Waals surface area (Å²) in [4.78, 5) is 25.7. The van der Waals surface area contributed by atoms with E-state index in [-0.39, 0.29) is 29.4 Å². The predicted molar refractivity (Wildman–Crippen MR) is 75.1 cm³/mol. The molecular formula is C13H18N6O2. The van der Waals surface area contributed by atoms with E-state index in [4.69, 9.17) is 0 Å². The minimum absolute atomic E-state index is 0.0430. The fourth-order valence-electron chi connectivity index (χ4n) is 2.04. The van der Waals surface area contributed by atoms with Gasteiger partial charge in [-0.3, -0.25) is 13.9 Å². The Bertz CT molecular complexity index is 775. The van der Waals surface area contributed by atoms with E-state index in [0.717, 1.165) is 17.4 Å². The van der Waals surface area contributed by atoms with Crippen LogP contribution in [0.3, 0.4) is 0 Å². The lowest BCUT2D eigenvalue weighted by Gasteiger charge is -2.15. The zero-order valence-corrected chi connectivity index (χ0v) is 12.4. The molecule has 0 atom stereocenters. The maximum atomic E-state index is 12.3. The minimum Gasteiger partial charge on any atom is -0.297 e. The van der Waals surface area contributed by atoms with Crippen LogP contribution < -0.4 is 11.2 Å². The molecule has 0 saturated heterocycles. The van der Waals surface area contributed by atoms with Gasteiger partial charge in [0.2, 0.25) is 0 Å². The number of hydrogen-bond donors (Lipinski definition) is 0. The molecule has 21 heavy (non-hydrogen) atoms. The van der Waals surface area contributed by atoms with Gasteiger partial charge in [0, 0.05) is 18.3 Å². The quantitative estimate of drug-likeness (QED) is 0.802. The third kappa shape index (κ3) is 2.65. The summed E-state index contributed by atoms with van der Waals surface area (Å²) in [6, 6.07) is 1.64. The zero-order chi connectivity index (χ0) is 15.2. The first kappa shape index (κ1) is 13.7. The van der Waals surface area contributed by atoms with Crippen LogP contribution in [0.2, 0.25) is 0 Å². The van der Waals surface area contributed by atoms with Gasteiger partial charge in [-0.15, -0.1) is 10.2 Å². The molecular weight excluding hydrogens is 272 g/mol. The summed E-state index contributed by atoms with van der Waals surface area (Å²) in [6.45, 7) is 5.90. The summed E-state index contributed by atoms with van der Waals surface area (Å²) in [6.07, 6.45) is 3.53. The minimum atomic E-state index is -0.344. The van der Waals surface area contributed by atoms with Crippen LogP contribution in [0.4, 0.5) is 0 Å². The van der Waals surface area contributed by atoms with E-state index in [0.29, 0.717) is 5.82 Å². The third-order valence-corrected chi connectivity index (χ3v) is 3.39. The van der Waals surface area contributed by atoms with Crippen LogP contribution in [0.15, 0.2) is 21.9 Å². The number of hydrogen-bond acceptors (Lipinski definition) is 5. The highest BCUT2D eigenvalue weighted by molar-refractivity contribution is 4.95. The summed E-state index contributed by atoms with van der Waals surface area (Å²) in [5.74, 6) is 0.359. The molecule has 0 unspecified atom stereocenters. The van der Waals surface area contributed by atoms with Crippen LogP contribution in [-0.4, -0.2) is 29.3 Å². The second-order valence-corrected chi connectivity index (χ2v) is 6.33. The molecule has 0 spiro atoms. The Morgan fingerprint density at radius 3 is 2.57 bits per heavy atom. The first-order valence-corrected chi connectivity index (χ1v) is 6.97. The van der Waals surface area contributed by atoms with Crippen LogP contribution in [0.25, 0.3) is 0 Å². The van der Waals surface area contributed by atoms with Crippen molar-refractivity contribution in [1.29, 1.82) is 0 Å². The first-order chi connectivity index (χ1) is 9.86. The molecule has 3 rings (SSSR count). The summed E-state index contributed by atoms with van der Waals surface area (Å²) >= 11 is 0. The van der Waals surface area contributed by atoms with E-state index < -0.39 is 0 Å². The molecule has 0 N–H and O–H groups in total. The second kappa shape index (κ2) is 4.64. The van der Waals surface area contributed by atoms with Gasteiger partial charge >= 0.3 is 5.69 Å².